The van der Waals surface area contributed by atoms with Crippen LogP contribution in [0.1, 0.15) is 109 Å². The van der Waals surface area contributed by atoms with Crippen LogP contribution in [0.5, 0.6) is 0 Å². The second kappa shape index (κ2) is 15.7. The highest BCUT2D eigenvalue weighted by Crippen LogP contribution is 2.10. The van der Waals surface area contributed by atoms with Gasteiger partial charge in [0.2, 0.25) is 0 Å². The highest BCUT2D eigenvalue weighted by Gasteiger charge is 2.03. The van der Waals surface area contributed by atoms with Crippen LogP contribution in [-0.2, 0) is 13.0 Å². The Labute approximate surface area is 151 Å². The van der Waals surface area contributed by atoms with E-state index in [1.165, 1.54) is 108 Å². The molecule has 0 N–H and O–H groups in total. The summed E-state index contributed by atoms with van der Waals surface area (Å²) >= 11 is 0. The first-order valence-electron chi connectivity index (χ1n) is 10.8. The van der Waals surface area contributed by atoms with E-state index in [1.54, 1.807) is 0 Å². The maximum Gasteiger partial charge on any atom is 0.171 e. The molecule has 1 nitrogen and oxygen atoms in total. The van der Waals surface area contributed by atoms with Gasteiger partial charge in [0.25, 0.3) is 0 Å². The smallest absolute Gasteiger partial charge is 0.171 e. The predicted molar refractivity (Wildman–Crippen MR) is 106 cm³/mol. The Bertz CT molecular complexity index is 385. The summed E-state index contributed by atoms with van der Waals surface area (Å²) in [6, 6.07) is 4.52. The number of aryl methyl sites for hydroxylation is 2. The van der Waals surface area contributed by atoms with E-state index >= 15 is 0 Å². The Morgan fingerprint density at radius 1 is 0.667 bits per heavy atom. The average molecular weight is 333 g/mol. The first-order chi connectivity index (χ1) is 11.9. The molecule has 138 valence electrons. The normalized spacial score (nSPS) is 11.1. The maximum atomic E-state index is 2.40. The third-order valence-corrected chi connectivity index (χ3v) is 5.01. The van der Waals surface area contributed by atoms with Crippen molar-refractivity contribution >= 4 is 0 Å². The largest absolute Gasteiger partial charge is 0.205 e. The molecule has 0 saturated carbocycles. The second-order valence-electron chi connectivity index (χ2n) is 7.44. The van der Waals surface area contributed by atoms with E-state index in [0.717, 1.165) is 0 Å². The van der Waals surface area contributed by atoms with Crippen molar-refractivity contribution in [2.45, 2.75) is 117 Å². The number of unbranched alkanes of at least 4 members (excludes halogenated alkanes) is 12. The molecule has 0 aromatic carbocycles. The molecular weight excluding hydrogens is 290 g/mol. The van der Waals surface area contributed by atoms with E-state index in [4.69, 9.17) is 0 Å². The Hall–Kier alpha value is -0.850. The highest BCUT2D eigenvalue weighted by atomic mass is 14.9. The number of hydrogen-bond acceptors (Lipinski definition) is 0. The molecule has 0 radical (unpaired) electrons. The highest BCUT2D eigenvalue weighted by molar-refractivity contribution is 5.05. The molecule has 1 heterocycles. The number of aromatic nitrogens is 1. The molecule has 0 aliphatic carbocycles. The molecule has 1 rings (SSSR count). The molecule has 0 atom stereocenters. The Morgan fingerprint density at radius 3 is 1.83 bits per heavy atom. The van der Waals surface area contributed by atoms with Gasteiger partial charge in [-0.25, -0.2) is 4.57 Å². The van der Waals surface area contributed by atoms with Gasteiger partial charge in [-0.2, -0.15) is 0 Å². The Morgan fingerprint density at radius 2 is 1.21 bits per heavy atom. The summed E-state index contributed by atoms with van der Waals surface area (Å²) in [6.07, 6.45) is 25.5. The van der Waals surface area contributed by atoms with Gasteiger partial charge in [0.05, 0.1) is 0 Å². The fourth-order valence-corrected chi connectivity index (χ4v) is 3.40. The van der Waals surface area contributed by atoms with Crippen LogP contribution in [0.15, 0.2) is 24.5 Å². The van der Waals surface area contributed by atoms with Crippen LogP contribution in [0.25, 0.3) is 0 Å². The van der Waals surface area contributed by atoms with Gasteiger partial charge in [0, 0.05) is 18.1 Å². The minimum absolute atomic E-state index is 1.19. The van der Waals surface area contributed by atoms with Crippen LogP contribution in [0.2, 0.25) is 0 Å². The van der Waals surface area contributed by atoms with E-state index < -0.39 is 0 Å². The number of pyridine rings is 1. The zero-order valence-corrected chi connectivity index (χ0v) is 16.6. The van der Waals surface area contributed by atoms with Gasteiger partial charge < -0.3 is 0 Å². The lowest BCUT2D eigenvalue weighted by Crippen LogP contribution is -2.33. The summed E-state index contributed by atoms with van der Waals surface area (Å²) in [5.74, 6) is 0. The maximum absolute atomic E-state index is 2.40. The van der Waals surface area contributed by atoms with Gasteiger partial charge in [-0.1, -0.05) is 84.5 Å². The van der Waals surface area contributed by atoms with Gasteiger partial charge in [0.1, 0.15) is 6.54 Å². The van der Waals surface area contributed by atoms with Crippen molar-refractivity contribution in [3.05, 3.63) is 30.1 Å². The summed E-state index contributed by atoms with van der Waals surface area (Å²) in [4.78, 5) is 0. The molecule has 0 unspecified atom stereocenters. The second-order valence-corrected chi connectivity index (χ2v) is 7.44. The molecule has 0 fully saturated rings. The topological polar surface area (TPSA) is 3.88 Å². The van der Waals surface area contributed by atoms with Crippen molar-refractivity contribution in [3.8, 4) is 0 Å². The van der Waals surface area contributed by atoms with Crippen molar-refractivity contribution < 1.29 is 4.57 Å². The van der Waals surface area contributed by atoms with Crippen LogP contribution in [0.4, 0.5) is 0 Å². The Kier molecular flexibility index (Phi) is 13.8. The standard InChI is InChI=1S/C23H42N/c1-3-5-7-9-10-11-12-13-14-16-20-24-21-17-19-23(22-24)18-15-8-6-4-2/h17,19,21-22H,3-16,18,20H2,1-2H3/q+1. The van der Waals surface area contributed by atoms with Crippen molar-refractivity contribution in [1.82, 2.24) is 0 Å². The van der Waals surface area contributed by atoms with Crippen LogP contribution < -0.4 is 4.57 Å². The van der Waals surface area contributed by atoms with Crippen molar-refractivity contribution in [2.75, 3.05) is 0 Å². The molecular formula is C23H42N+. The molecule has 0 spiro atoms. The van der Waals surface area contributed by atoms with Gasteiger partial charge >= 0.3 is 0 Å². The lowest BCUT2D eigenvalue weighted by atomic mass is 10.1. The third kappa shape index (κ3) is 11.6. The van der Waals surface area contributed by atoms with Crippen LogP contribution in [0.3, 0.4) is 0 Å². The van der Waals surface area contributed by atoms with E-state index in [-0.39, 0.29) is 0 Å². The SMILES string of the molecule is CCCCCCCCCCCC[n+]1cccc(CCCCCC)c1. The molecule has 0 amide bonds. The van der Waals surface area contributed by atoms with Gasteiger partial charge in [0.15, 0.2) is 12.4 Å². The van der Waals surface area contributed by atoms with Gasteiger partial charge in [-0.05, 0) is 25.3 Å². The van der Waals surface area contributed by atoms with Crippen LogP contribution >= 0.6 is 0 Å². The number of nitrogens with zero attached hydrogens (tertiary/aromatic N) is 1. The van der Waals surface area contributed by atoms with Crippen LogP contribution in [0, 0.1) is 0 Å². The minimum Gasteiger partial charge on any atom is -0.205 e. The zero-order chi connectivity index (χ0) is 17.3. The molecule has 0 aliphatic rings. The van der Waals surface area contributed by atoms with Gasteiger partial charge in [-0.15, -0.1) is 0 Å². The fraction of sp³-hybridized carbons (Fsp3) is 0.783. The fourth-order valence-electron chi connectivity index (χ4n) is 3.40. The molecule has 0 saturated heterocycles. The first kappa shape index (κ1) is 21.2. The third-order valence-electron chi connectivity index (χ3n) is 5.01. The summed E-state index contributed by atoms with van der Waals surface area (Å²) in [5.41, 5.74) is 1.51. The lowest BCUT2D eigenvalue weighted by Gasteiger charge is -2.03. The molecule has 24 heavy (non-hydrogen) atoms. The van der Waals surface area contributed by atoms with Crippen molar-refractivity contribution in [1.29, 1.82) is 0 Å². The summed E-state index contributed by atoms with van der Waals surface area (Å²) < 4.78 is 2.40. The van der Waals surface area contributed by atoms with Gasteiger partial charge in [-0.3, -0.25) is 0 Å². The molecule has 0 aliphatic heterocycles. The minimum atomic E-state index is 1.19. The molecule has 0 bridgehead atoms. The average Bonchev–Trinajstić information content (AvgIpc) is 2.61. The summed E-state index contributed by atoms with van der Waals surface area (Å²) in [6.45, 7) is 5.77. The number of hydrogen-bond donors (Lipinski definition) is 0. The lowest BCUT2D eigenvalue weighted by molar-refractivity contribution is -0.697. The summed E-state index contributed by atoms with van der Waals surface area (Å²) in [5, 5.41) is 0. The Balaban J connectivity index is 2.02. The monoisotopic (exact) mass is 332 g/mol. The summed E-state index contributed by atoms with van der Waals surface area (Å²) in [7, 11) is 0. The first-order valence-corrected chi connectivity index (χ1v) is 10.8. The van der Waals surface area contributed by atoms with E-state index in [9.17, 15) is 0 Å². The van der Waals surface area contributed by atoms with Crippen LogP contribution in [-0.4, -0.2) is 0 Å². The molecule has 1 aromatic heterocycles. The van der Waals surface area contributed by atoms with E-state index in [0.29, 0.717) is 0 Å². The number of rotatable bonds is 16. The molecule has 1 aromatic rings. The zero-order valence-electron chi connectivity index (χ0n) is 16.6. The van der Waals surface area contributed by atoms with E-state index in [1.807, 2.05) is 0 Å². The van der Waals surface area contributed by atoms with Crippen molar-refractivity contribution in [3.63, 3.8) is 0 Å². The van der Waals surface area contributed by atoms with Crippen molar-refractivity contribution in [2.24, 2.45) is 0 Å². The van der Waals surface area contributed by atoms with E-state index in [2.05, 4.69) is 42.9 Å². The molecule has 1 heteroatoms. The quantitative estimate of drug-likeness (QED) is 0.226. The predicted octanol–water partition coefficient (Wildman–Crippen LogP) is 7.02.